The number of non-ortho nitro benzene ring substituents is 1. The molecule has 0 radical (unpaired) electrons. The molecular weight excluding hydrogens is 578 g/mol. The van der Waals surface area contributed by atoms with Crippen LogP contribution in [-0.2, 0) is 9.53 Å². The van der Waals surface area contributed by atoms with Crippen LogP contribution in [-0.4, -0.2) is 43.4 Å². The molecule has 0 N–H and O–H groups in total. The molecule has 1 atom stereocenters. The molecule has 3 heterocycles. The Morgan fingerprint density at radius 1 is 1.07 bits per heavy atom. The third-order valence-electron chi connectivity index (χ3n) is 6.80. The van der Waals surface area contributed by atoms with Gasteiger partial charge in [0.1, 0.15) is 17.3 Å². The summed E-state index contributed by atoms with van der Waals surface area (Å²) < 4.78 is 29.3. The number of furan rings is 1. The van der Waals surface area contributed by atoms with Crippen molar-refractivity contribution in [3.63, 3.8) is 0 Å². The molecule has 0 bridgehead atoms. The summed E-state index contributed by atoms with van der Waals surface area (Å²) in [5.74, 6) is 1.38. The van der Waals surface area contributed by atoms with Crippen molar-refractivity contribution in [2.75, 3.05) is 27.9 Å². The van der Waals surface area contributed by atoms with Crippen LogP contribution in [0.5, 0.6) is 17.2 Å². The van der Waals surface area contributed by atoms with Crippen LogP contribution in [0.1, 0.15) is 31.2 Å². The van der Waals surface area contributed by atoms with E-state index in [9.17, 15) is 19.7 Å². The first-order chi connectivity index (χ1) is 20.7. The van der Waals surface area contributed by atoms with E-state index in [2.05, 4.69) is 4.99 Å². The average Bonchev–Trinajstić information content (AvgIpc) is 3.59. The summed E-state index contributed by atoms with van der Waals surface area (Å²) in [6.45, 7) is 3.55. The summed E-state index contributed by atoms with van der Waals surface area (Å²) in [6.07, 6.45) is 1.56. The van der Waals surface area contributed by atoms with E-state index >= 15 is 0 Å². The number of hydrogen-bond acceptors (Lipinski definition) is 11. The largest absolute Gasteiger partial charge is 0.496 e. The van der Waals surface area contributed by atoms with Crippen molar-refractivity contribution in [1.29, 1.82) is 0 Å². The maximum absolute atomic E-state index is 13.9. The van der Waals surface area contributed by atoms with Crippen LogP contribution in [0.15, 0.2) is 74.0 Å². The normalized spacial score (nSPS) is 14.6. The molecule has 0 saturated heterocycles. The number of thiazole rings is 1. The lowest BCUT2D eigenvalue weighted by atomic mass is 9.95. The van der Waals surface area contributed by atoms with Crippen LogP contribution in [0.25, 0.3) is 17.4 Å². The minimum atomic E-state index is -0.849. The number of carbonyl (C=O) groups excluding carboxylic acids is 1. The van der Waals surface area contributed by atoms with Crippen LogP contribution >= 0.6 is 11.3 Å². The molecule has 13 heteroatoms. The lowest BCUT2D eigenvalue weighted by Crippen LogP contribution is -2.39. The van der Waals surface area contributed by atoms with Gasteiger partial charge in [-0.25, -0.2) is 9.79 Å². The quantitative estimate of drug-likeness (QED) is 0.157. The predicted molar refractivity (Wildman–Crippen MR) is 157 cm³/mol. The summed E-state index contributed by atoms with van der Waals surface area (Å²) in [6, 6.07) is 11.8. The number of aromatic nitrogens is 1. The van der Waals surface area contributed by atoms with Crippen molar-refractivity contribution in [2.45, 2.75) is 19.9 Å². The minimum Gasteiger partial charge on any atom is -0.496 e. The number of rotatable bonds is 9. The molecule has 1 aliphatic rings. The van der Waals surface area contributed by atoms with Crippen LogP contribution < -0.4 is 29.1 Å². The third kappa shape index (κ3) is 5.42. The van der Waals surface area contributed by atoms with E-state index in [0.717, 1.165) is 11.3 Å². The molecule has 0 fully saturated rings. The molecule has 0 saturated carbocycles. The molecule has 222 valence electrons. The van der Waals surface area contributed by atoms with Gasteiger partial charge in [0.2, 0.25) is 0 Å². The Morgan fingerprint density at radius 3 is 2.47 bits per heavy atom. The topological polar surface area (TPSA) is 145 Å². The SMILES string of the molecule is CCOC(=O)C1=C(C)N=c2s/c(=C/c3ccc(-c4cc([N+](=O)[O-])ccc4OC)o3)c(=O)n2[C@H]1c1ccc(OC)c(OC)c1. The molecule has 0 amide bonds. The molecule has 0 spiro atoms. The van der Waals surface area contributed by atoms with Crippen molar-refractivity contribution in [2.24, 2.45) is 4.99 Å². The zero-order valence-corrected chi connectivity index (χ0v) is 24.7. The maximum atomic E-state index is 13.9. The second-order valence-corrected chi connectivity index (χ2v) is 10.3. The standard InChI is InChI=1S/C30H27N3O9S/c1-6-41-29(35)26-16(2)31-30-32(27(26)17-7-10-23(39-4)24(13-17)40-5)28(34)25(43-30)15-19-9-12-22(42-19)20-14-18(33(36)37)8-11-21(20)38-3/h7-15,27H,6H2,1-5H3/b25-15+/t27-/m0/s1. The van der Waals surface area contributed by atoms with E-state index in [1.807, 2.05) is 0 Å². The van der Waals surface area contributed by atoms with Crippen LogP contribution in [0.4, 0.5) is 5.69 Å². The van der Waals surface area contributed by atoms with Gasteiger partial charge in [-0.15, -0.1) is 0 Å². The van der Waals surface area contributed by atoms with Crippen molar-refractivity contribution < 1.29 is 33.1 Å². The first-order valence-corrected chi connectivity index (χ1v) is 13.9. The van der Waals surface area contributed by atoms with E-state index in [1.165, 1.54) is 44.1 Å². The second-order valence-electron chi connectivity index (χ2n) is 9.26. The molecule has 1 aliphatic heterocycles. The van der Waals surface area contributed by atoms with Gasteiger partial charge in [0.05, 0.1) is 60.3 Å². The van der Waals surface area contributed by atoms with E-state index in [1.54, 1.807) is 50.3 Å². The molecular formula is C30H27N3O9S. The number of methoxy groups -OCH3 is 3. The molecule has 4 aromatic rings. The van der Waals surface area contributed by atoms with E-state index in [4.69, 9.17) is 23.4 Å². The fraction of sp³-hybridized carbons (Fsp3) is 0.233. The van der Waals surface area contributed by atoms with Gasteiger partial charge in [0.15, 0.2) is 16.3 Å². The molecule has 43 heavy (non-hydrogen) atoms. The third-order valence-corrected chi connectivity index (χ3v) is 7.78. The van der Waals surface area contributed by atoms with Gasteiger partial charge >= 0.3 is 5.97 Å². The summed E-state index contributed by atoms with van der Waals surface area (Å²) in [5.41, 5.74) is 1.12. The number of hydrogen-bond donors (Lipinski definition) is 0. The number of nitro groups is 1. The zero-order chi connectivity index (χ0) is 30.8. The van der Waals surface area contributed by atoms with Gasteiger partial charge in [-0.2, -0.15) is 0 Å². The fourth-order valence-corrected chi connectivity index (χ4v) is 5.86. The number of allylic oxidation sites excluding steroid dienone is 1. The number of nitrogens with zero attached hydrogens (tertiary/aromatic N) is 3. The van der Waals surface area contributed by atoms with Gasteiger partial charge in [0.25, 0.3) is 11.2 Å². The van der Waals surface area contributed by atoms with E-state index in [0.29, 0.717) is 54.9 Å². The van der Waals surface area contributed by atoms with Crippen molar-refractivity contribution in [3.05, 3.63) is 101 Å². The van der Waals surface area contributed by atoms with Crippen molar-refractivity contribution in [1.82, 2.24) is 4.57 Å². The summed E-state index contributed by atoms with van der Waals surface area (Å²) in [7, 11) is 4.47. The smallest absolute Gasteiger partial charge is 0.338 e. The monoisotopic (exact) mass is 605 g/mol. The van der Waals surface area contributed by atoms with Gasteiger partial charge in [-0.3, -0.25) is 19.5 Å². The van der Waals surface area contributed by atoms with Gasteiger partial charge in [-0.05, 0) is 49.7 Å². The summed E-state index contributed by atoms with van der Waals surface area (Å²) in [5, 5.41) is 11.3. The van der Waals surface area contributed by atoms with Gasteiger partial charge in [0, 0.05) is 18.2 Å². The number of carbonyl (C=O) groups is 1. The highest BCUT2D eigenvalue weighted by Crippen LogP contribution is 2.37. The summed E-state index contributed by atoms with van der Waals surface area (Å²) >= 11 is 1.13. The first kappa shape index (κ1) is 29.3. The summed E-state index contributed by atoms with van der Waals surface area (Å²) in [4.78, 5) is 42.9. The van der Waals surface area contributed by atoms with Crippen molar-refractivity contribution >= 4 is 29.1 Å². The lowest BCUT2D eigenvalue weighted by Gasteiger charge is -2.25. The van der Waals surface area contributed by atoms with Crippen LogP contribution in [0.2, 0.25) is 0 Å². The van der Waals surface area contributed by atoms with Gasteiger partial charge < -0.3 is 23.4 Å². The van der Waals surface area contributed by atoms with Crippen molar-refractivity contribution in [3.8, 4) is 28.6 Å². The Labute approximate surface area is 248 Å². The number of nitro benzene ring substituents is 1. The molecule has 5 rings (SSSR count). The Kier molecular flexibility index (Phi) is 8.17. The molecule has 0 aliphatic carbocycles. The number of fused-ring (bicyclic) bond motifs is 1. The predicted octanol–water partition coefficient (Wildman–Crippen LogP) is 3.99. The van der Waals surface area contributed by atoms with Gasteiger partial charge in [-0.1, -0.05) is 17.4 Å². The minimum absolute atomic E-state index is 0.120. The number of esters is 1. The average molecular weight is 606 g/mol. The van der Waals surface area contributed by atoms with E-state index < -0.39 is 22.5 Å². The van der Waals surface area contributed by atoms with Crippen LogP contribution in [0.3, 0.4) is 0 Å². The maximum Gasteiger partial charge on any atom is 0.338 e. The Bertz CT molecular complexity index is 1950. The highest BCUT2D eigenvalue weighted by atomic mass is 32.1. The first-order valence-electron chi connectivity index (χ1n) is 13.0. The molecule has 12 nitrogen and oxygen atoms in total. The number of ether oxygens (including phenoxy) is 4. The zero-order valence-electron chi connectivity index (χ0n) is 23.9. The van der Waals surface area contributed by atoms with Crippen LogP contribution in [0, 0.1) is 10.1 Å². The molecule has 2 aromatic heterocycles. The number of benzene rings is 2. The highest BCUT2D eigenvalue weighted by Gasteiger charge is 2.34. The molecule has 0 unspecified atom stereocenters. The fourth-order valence-electron chi connectivity index (χ4n) is 4.84. The highest BCUT2D eigenvalue weighted by molar-refractivity contribution is 7.07. The van der Waals surface area contributed by atoms with E-state index in [-0.39, 0.29) is 17.9 Å². The second kappa shape index (κ2) is 12.0. The Hall–Kier alpha value is -5.17. The Morgan fingerprint density at radius 2 is 1.79 bits per heavy atom. The Balaban J connectivity index is 1.65. The molecule has 2 aromatic carbocycles. The lowest BCUT2D eigenvalue weighted by molar-refractivity contribution is -0.384.